The Labute approximate surface area is 107 Å². The number of rotatable bonds is 7. The van der Waals surface area contributed by atoms with E-state index in [2.05, 4.69) is 19.2 Å². The van der Waals surface area contributed by atoms with Gasteiger partial charge in [0.05, 0.1) is 17.2 Å². The van der Waals surface area contributed by atoms with E-state index in [1.54, 1.807) is 18.4 Å². The van der Waals surface area contributed by atoms with E-state index >= 15 is 0 Å². The number of methoxy groups -OCH3 is 1. The van der Waals surface area contributed by atoms with Crippen LogP contribution in [0.25, 0.3) is 0 Å². The summed E-state index contributed by atoms with van der Waals surface area (Å²) in [4.78, 5) is 1.18. The average Bonchev–Trinajstić information content (AvgIpc) is 2.69. The first-order valence-electron chi connectivity index (χ1n) is 5.73. The van der Waals surface area contributed by atoms with Crippen LogP contribution in [0.3, 0.4) is 0 Å². The van der Waals surface area contributed by atoms with Gasteiger partial charge in [-0.15, -0.1) is 11.3 Å². The third-order valence-electron chi connectivity index (χ3n) is 2.60. The van der Waals surface area contributed by atoms with Crippen molar-refractivity contribution >= 4 is 22.9 Å². The Balaban J connectivity index is 2.84. The predicted octanol–water partition coefficient (Wildman–Crippen LogP) is 3.87. The Bertz CT molecular complexity index is 303. The zero-order valence-corrected chi connectivity index (χ0v) is 11.7. The molecule has 2 atom stereocenters. The lowest BCUT2D eigenvalue weighted by Gasteiger charge is -2.26. The highest BCUT2D eigenvalue weighted by Gasteiger charge is 2.24. The molecular weight excluding hydrogens is 242 g/mol. The molecule has 0 amide bonds. The van der Waals surface area contributed by atoms with E-state index in [1.165, 1.54) is 4.88 Å². The number of halogens is 1. The minimum absolute atomic E-state index is 0.195. The molecule has 0 aliphatic heterocycles. The van der Waals surface area contributed by atoms with E-state index in [-0.39, 0.29) is 12.1 Å². The van der Waals surface area contributed by atoms with Crippen LogP contribution in [-0.4, -0.2) is 19.8 Å². The van der Waals surface area contributed by atoms with Crippen molar-refractivity contribution in [3.05, 3.63) is 21.3 Å². The number of thiophene rings is 1. The lowest BCUT2D eigenvalue weighted by Crippen LogP contribution is -2.32. The molecule has 0 spiro atoms. The molecule has 1 aromatic rings. The highest BCUT2D eigenvalue weighted by atomic mass is 35.5. The van der Waals surface area contributed by atoms with Crippen LogP contribution in [0.1, 0.15) is 37.6 Å². The van der Waals surface area contributed by atoms with Gasteiger partial charge in [0, 0.05) is 12.0 Å². The van der Waals surface area contributed by atoms with Gasteiger partial charge in [-0.3, -0.25) is 0 Å². The van der Waals surface area contributed by atoms with Crippen LogP contribution >= 0.6 is 22.9 Å². The summed E-state index contributed by atoms with van der Waals surface area (Å²) in [6.45, 7) is 5.20. The van der Waals surface area contributed by atoms with Crippen molar-refractivity contribution < 1.29 is 4.74 Å². The van der Waals surface area contributed by atoms with Crippen LogP contribution in [0.2, 0.25) is 5.02 Å². The summed E-state index contributed by atoms with van der Waals surface area (Å²) in [7, 11) is 1.77. The Kier molecular flexibility index (Phi) is 6.36. The summed E-state index contributed by atoms with van der Waals surface area (Å²) >= 11 is 7.88. The molecule has 1 heterocycles. The first-order chi connectivity index (χ1) is 7.74. The van der Waals surface area contributed by atoms with Gasteiger partial charge in [-0.2, -0.15) is 0 Å². The molecule has 0 bridgehead atoms. The molecule has 16 heavy (non-hydrogen) atoms. The molecule has 0 fully saturated rings. The Morgan fingerprint density at radius 1 is 1.50 bits per heavy atom. The van der Waals surface area contributed by atoms with Crippen LogP contribution in [-0.2, 0) is 4.74 Å². The predicted molar refractivity (Wildman–Crippen MR) is 71.5 cm³/mol. The summed E-state index contributed by atoms with van der Waals surface area (Å²) in [6.07, 6.45) is 2.35. The molecule has 0 aromatic carbocycles. The first-order valence-corrected chi connectivity index (χ1v) is 6.99. The zero-order valence-electron chi connectivity index (χ0n) is 10.1. The fourth-order valence-electron chi connectivity index (χ4n) is 1.85. The van der Waals surface area contributed by atoms with Gasteiger partial charge in [0.1, 0.15) is 0 Å². The van der Waals surface area contributed by atoms with Crippen molar-refractivity contribution in [3.8, 4) is 0 Å². The van der Waals surface area contributed by atoms with Crippen LogP contribution in [0.5, 0.6) is 0 Å². The van der Waals surface area contributed by atoms with Crippen molar-refractivity contribution in [1.82, 2.24) is 5.32 Å². The zero-order chi connectivity index (χ0) is 12.0. The average molecular weight is 262 g/mol. The first kappa shape index (κ1) is 14.0. The molecule has 0 saturated heterocycles. The van der Waals surface area contributed by atoms with Crippen molar-refractivity contribution in [2.45, 2.75) is 38.8 Å². The largest absolute Gasteiger partial charge is 0.379 e. The van der Waals surface area contributed by atoms with Crippen LogP contribution in [0.15, 0.2) is 11.4 Å². The lowest BCUT2D eigenvalue weighted by atomic mass is 10.0. The summed E-state index contributed by atoms with van der Waals surface area (Å²) < 4.78 is 5.57. The summed E-state index contributed by atoms with van der Waals surface area (Å²) in [5, 5.41) is 6.33. The summed E-state index contributed by atoms with van der Waals surface area (Å²) in [5.41, 5.74) is 0. The fourth-order valence-corrected chi connectivity index (χ4v) is 3.15. The number of likely N-dealkylation sites (N-methyl/N-ethyl adjacent to an activating group) is 1. The van der Waals surface area contributed by atoms with Crippen molar-refractivity contribution in [2.75, 3.05) is 13.7 Å². The molecule has 92 valence electrons. The second kappa shape index (κ2) is 7.28. The minimum atomic E-state index is 0.195. The molecule has 0 aliphatic rings. The monoisotopic (exact) mass is 261 g/mol. The van der Waals surface area contributed by atoms with Gasteiger partial charge in [-0.25, -0.2) is 0 Å². The smallest absolute Gasteiger partial charge is 0.0774 e. The summed E-state index contributed by atoms with van der Waals surface area (Å²) in [6, 6.07) is 2.16. The lowest BCUT2D eigenvalue weighted by molar-refractivity contribution is 0.0622. The van der Waals surface area contributed by atoms with Crippen LogP contribution < -0.4 is 5.32 Å². The molecule has 1 aromatic heterocycles. The standard InChI is InChI=1S/C12H20ClNOS/c1-4-6-10(15-3)11(14-5-2)12-9(13)7-8-16-12/h7-8,10-11,14H,4-6H2,1-3H3. The van der Waals surface area contributed by atoms with Gasteiger partial charge >= 0.3 is 0 Å². The quantitative estimate of drug-likeness (QED) is 0.805. The molecule has 0 saturated carbocycles. The van der Waals surface area contributed by atoms with Crippen LogP contribution in [0.4, 0.5) is 0 Å². The number of ether oxygens (including phenoxy) is 1. The van der Waals surface area contributed by atoms with E-state index in [9.17, 15) is 0 Å². The molecule has 2 nitrogen and oxygen atoms in total. The minimum Gasteiger partial charge on any atom is -0.379 e. The van der Waals surface area contributed by atoms with Crippen molar-refractivity contribution in [1.29, 1.82) is 0 Å². The fraction of sp³-hybridized carbons (Fsp3) is 0.667. The normalized spacial score (nSPS) is 15.0. The molecule has 0 aliphatic carbocycles. The number of hydrogen-bond donors (Lipinski definition) is 1. The number of nitrogens with one attached hydrogen (secondary N) is 1. The van der Waals surface area contributed by atoms with E-state index in [1.807, 2.05) is 11.4 Å². The van der Waals surface area contributed by atoms with E-state index < -0.39 is 0 Å². The Morgan fingerprint density at radius 2 is 2.25 bits per heavy atom. The van der Waals surface area contributed by atoms with E-state index in [0.29, 0.717) is 0 Å². The van der Waals surface area contributed by atoms with Gasteiger partial charge in [0.2, 0.25) is 0 Å². The second-order valence-corrected chi connectivity index (χ2v) is 5.09. The highest BCUT2D eigenvalue weighted by molar-refractivity contribution is 7.10. The topological polar surface area (TPSA) is 21.3 Å². The molecule has 1 N–H and O–H groups in total. The maximum absolute atomic E-state index is 6.19. The molecule has 0 radical (unpaired) electrons. The molecular formula is C12H20ClNOS. The third-order valence-corrected chi connectivity index (χ3v) is 4.04. The van der Waals surface area contributed by atoms with Gasteiger partial charge < -0.3 is 10.1 Å². The Hall–Kier alpha value is -0.0900. The van der Waals surface area contributed by atoms with Gasteiger partial charge in [0.25, 0.3) is 0 Å². The molecule has 2 unspecified atom stereocenters. The van der Waals surface area contributed by atoms with Crippen molar-refractivity contribution in [3.63, 3.8) is 0 Å². The van der Waals surface area contributed by atoms with Crippen LogP contribution in [0, 0.1) is 0 Å². The third kappa shape index (κ3) is 3.45. The highest BCUT2D eigenvalue weighted by Crippen LogP contribution is 2.32. The van der Waals surface area contributed by atoms with E-state index in [4.69, 9.17) is 16.3 Å². The van der Waals surface area contributed by atoms with Gasteiger partial charge in [-0.05, 0) is 24.4 Å². The van der Waals surface area contributed by atoms with Gasteiger partial charge in [-0.1, -0.05) is 31.9 Å². The second-order valence-electron chi connectivity index (χ2n) is 3.73. The van der Waals surface area contributed by atoms with E-state index in [0.717, 1.165) is 24.4 Å². The Morgan fingerprint density at radius 3 is 2.69 bits per heavy atom. The van der Waals surface area contributed by atoms with Crippen molar-refractivity contribution in [2.24, 2.45) is 0 Å². The molecule has 1 rings (SSSR count). The van der Waals surface area contributed by atoms with Gasteiger partial charge in [0.15, 0.2) is 0 Å². The summed E-state index contributed by atoms with van der Waals surface area (Å²) in [5.74, 6) is 0. The maximum Gasteiger partial charge on any atom is 0.0774 e. The maximum atomic E-state index is 6.19. The SMILES string of the molecule is CCCC(OC)C(NCC)c1sccc1Cl. The number of hydrogen-bond acceptors (Lipinski definition) is 3. The molecule has 4 heteroatoms.